The molecule has 2 heterocycles. The van der Waals surface area contributed by atoms with Crippen LogP contribution in [-0.4, -0.2) is 54.6 Å². The highest BCUT2D eigenvalue weighted by Gasteiger charge is 2.21. The van der Waals surface area contributed by atoms with Crippen LogP contribution in [0, 0.1) is 27.7 Å². The van der Waals surface area contributed by atoms with Gasteiger partial charge in [0.1, 0.15) is 0 Å². The maximum atomic E-state index is 13.3. The average molecular weight is 488 g/mol. The summed E-state index contributed by atoms with van der Waals surface area (Å²) in [6.07, 6.45) is 0. The summed E-state index contributed by atoms with van der Waals surface area (Å²) in [6.45, 7) is 13.7. The number of nitrogens with zero attached hydrogens (tertiary/aromatic N) is 3. The number of aryl methyl sites for hydroxylation is 1. The van der Waals surface area contributed by atoms with Crippen LogP contribution in [0.1, 0.15) is 51.4 Å². The fourth-order valence-electron chi connectivity index (χ4n) is 5.18. The number of likely N-dealkylation sites (N-methyl/N-ethyl adjacent to an activating group) is 1. The van der Waals surface area contributed by atoms with Crippen LogP contribution in [0.5, 0.6) is 0 Å². The standard InChI is InChI=1S/C29H37N5O2/c1-18-10-11-25(33-14-12-32(6)13-15-33)17-26(18)28(35)31-20(3)23-8-7-9-24(16-23)27-19(2)21(4)34(22(27)5)29(30)36/h7-11,16-17,20H,12-15H2,1-6H3,(H2,30,36)(H,31,35)/t20-/m1/s1. The van der Waals surface area contributed by atoms with Crippen molar-refractivity contribution >= 4 is 17.6 Å². The van der Waals surface area contributed by atoms with E-state index in [1.807, 2.05) is 65.0 Å². The number of hydrogen-bond acceptors (Lipinski definition) is 4. The first kappa shape index (κ1) is 25.5. The minimum Gasteiger partial charge on any atom is -0.369 e. The van der Waals surface area contributed by atoms with E-state index in [4.69, 9.17) is 5.73 Å². The monoisotopic (exact) mass is 487 g/mol. The molecule has 1 aromatic heterocycles. The van der Waals surface area contributed by atoms with Crippen molar-refractivity contribution < 1.29 is 9.59 Å². The van der Waals surface area contributed by atoms with Gasteiger partial charge in [-0.1, -0.05) is 24.3 Å². The van der Waals surface area contributed by atoms with E-state index in [1.54, 1.807) is 4.57 Å². The van der Waals surface area contributed by atoms with Gasteiger partial charge in [0.2, 0.25) is 0 Å². The van der Waals surface area contributed by atoms with Gasteiger partial charge in [0.15, 0.2) is 0 Å². The first-order chi connectivity index (χ1) is 17.1. The summed E-state index contributed by atoms with van der Waals surface area (Å²) < 4.78 is 1.55. The number of hydrogen-bond donors (Lipinski definition) is 2. The maximum absolute atomic E-state index is 13.3. The molecule has 0 spiro atoms. The van der Waals surface area contributed by atoms with E-state index in [-0.39, 0.29) is 11.9 Å². The number of amides is 2. The Labute approximate surface area is 213 Å². The van der Waals surface area contributed by atoms with E-state index in [0.29, 0.717) is 5.56 Å². The number of nitrogens with two attached hydrogens (primary N) is 1. The molecule has 1 fully saturated rings. The zero-order valence-electron chi connectivity index (χ0n) is 22.2. The Balaban J connectivity index is 1.56. The Kier molecular flexibility index (Phi) is 7.22. The lowest BCUT2D eigenvalue weighted by Crippen LogP contribution is -2.44. The van der Waals surface area contributed by atoms with Gasteiger partial charge in [0.05, 0.1) is 6.04 Å². The summed E-state index contributed by atoms with van der Waals surface area (Å²) in [7, 11) is 2.14. The fraction of sp³-hybridized carbons (Fsp3) is 0.379. The molecule has 0 aliphatic carbocycles. The Morgan fingerprint density at radius 2 is 1.64 bits per heavy atom. The number of carbonyl (C=O) groups excluding carboxylic acids is 2. The number of rotatable bonds is 5. The molecule has 1 atom stereocenters. The molecule has 1 saturated heterocycles. The quantitative estimate of drug-likeness (QED) is 0.553. The molecule has 190 valence electrons. The zero-order chi connectivity index (χ0) is 26.1. The molecule has 0 saturated carbocycles. The van der Waals surface area contributed by atoms with E-state index < -0.39 is 6.03 Å². The third kappa shape index (κ3) is 4.88. The van der Waals surface area contributed by atoms with E-state index in [1.165, 1.54) is 0 Å². The molecule has 0 unspecified atom stereocenters. The molecule has 4 rings (SSSR count). The van der Waals surface area contributed by atoms with Gasteiger partial charge in [0, 0.05) is 54.4 Å². The Bertz CT molecular complexity index is 1300. The van der Waals surface area contributed by atoms with Gasteiger partial charge in [-0.3, -0.25) is 9.36 Å². The second kappa shape index (κ2) is 10.2. The predicted octanol–water partition coefficient (Wildman–Crippen LogP) is 4.56. The number of benzene rings is 2. The summed E-state index contributed by atoms with van der Waals surface area (Å²) in [6, 6.07) is 13.6. The third-order valence-electron chi connectivity index (χ3n) is 7.53. The number of anilines is 1. The van der Waals surface area contributed by atoms with Crippen LogP contribution in [0.4, 0.5) is 10.5 Å². The minimum atomic E-state index is -0.481. The van der Waals surface area contributed by atoms with Crippen LogP contribution in [0.25, 0.3) is 11.1 Å². The van der Waals surface area contributed by atoms with Crippen LogP contribution in [0.2, 0.25) is 0 Å². The van der Waals surface area contributed by atoms with Crippen molar-refractivity contribution in [3.8, 4) is 11.1 Å². The van der Waals surface area contributed by atoms with Gasteiger partial charge >= 0.3 is 6.03 Å². The number of aromatic nitrogens is 1. The molecule has 2 aromatic carbocycles. The summed E-state index contributed by atoms with van der Waals surface area (Å²) in [5.41, 5.74) is 14.1. The lowest BCUT2D eigenvalue weighted by molar-refractivity contribution is 0.0939. The summed E-state index contributed by atoms with van der Waals surface area (Å²) in [5, 5.41) is 3.19. The second-order valence-corrected chi connectivity index (χ2v) is 9.95. The first-order valence-electron chi connectivity index (χ1n) is 12.5. The molecule has 1 aliphatic heterocycles. The second-order valence-electron chi connectivity index (χ2n) is 9.95. The average Bonchev–Trinajstić information content (AvgIpc) is 3.07. The molecule has 7 nitrogen and oxygen atoms in total. The van der Waals surface area contributed by atoms with E-state index >= 15 is 0 Å². The number of nitrogens with one attached hydrogen (secondary N) is 1. The largest absolute Gasteiger partial charge is 0.369 e. The SMILES string of the molecule is Cc1ccc(N2CCN(C)CC2)cc1C(=O)N[C@H](C)c1cccc(-c2c(C)c(C)n(C(N)=O)c2C)c1. The molecule has 3 N–H and O–H groups in total. The molecule has 2 amide bonds. The maximum Gasteiger partial charge on any atom is 0.323 e. The fourth-order valence-corrected chi connectivity index (χ4v) is 5.18. The minimum absolute atomic E-state index is 0.0792. The molecule has 0 radical (unpaired) electrons. The summed E-state index contributed by atoms with van der Waals surface area (Å²) in [5.74, 6) is -0.0792. The van der Waals surface area contributed by atoms with Crippen LogP contribution >= 0.6 is 0 Å². The topological polar surface area (TPSA) is 83.6 Å². The molecule has 0 bridgehead atoms. The number of carbonyl (C=O) groups is 2. The lowest BCUT2D eigenvalue weighted by Gasteiger charge is -2.34. The van der Waals surface area contributed by atoms with Crippen LogP contribution in [0.3, 0.4) is 0 Å². The van der Waals surface area contributed by atoms with E-state index in [9.17, 15) is 9.59 Å². The van der Waals surface area contributed by atoms with Crippen molar-refractivity contribution in [3.05, 3.63) is 76.1 Å². The Morgan fingerprint density at radius 3 is 2.28 bits per heavy atom. The van der Waals surface area contributed by atoms with E-state index in [2.05, 4.69) is 34.3 Å². The van der Waals surface area contributed by atoms with Crippen LogP contribution in [0.15, 0.2) is 42.5 Å². The lowest BCUT2D eigenvalue weighted by atomic mass is 9.97. The van der Waals surface area contributed by atoms with Gasteiger partial charge in [-0.15, -0.1) is 0 Å². The van der Waals surface area contributed by atoms with Crippen LogP contribution < -0.4 is 16.0 Å². The smallest absolute Gasteiger partial charge is 0.323 e. The summed E-state index contributed by atoms with van der Waals surface area (Å²) in [4.78, 5) is 30.0. The van der Waals surface area contributed by atoms with Crippen molar-refractivity contribution in [2.24, 2.45) is 5.73 Å². The molecule has 1 aliphatic rings. The molecule has 36 heavy (non-hydrogen) atoms. The van der Waals surface area contributed by atoms with Crippen molar-refractivity contribution in [2.75, 3.05) is 38.1 Å². The first-order valence-corrected chi connectivity index (χ1v) is 12.5. The van der Waals surface area contributed by atoms with Crippen molar-refractivity contribution in [1.82, 2.24) is 14.8 Å². The number of primary amides is 1. The van der Waals surface area contributed by atoms with Gasteiger partial charge in [0.25, 0.3) is 5.91 Å². The van der Waals surface area contributed by atoms with Crippen molar-refractivity contribution in [2.45, 2.75) is 40.7 Å². The highest BCUT2D eigenvalue weighted by atomic mass is 16.2. The van der Waals surface area contributed by atoms with Gasteiger partial charge in [-0.05, 0) is 82.1 Å². The van der Waals surface area contributed by atoms with Crippen molar-refractivity contribution in [1.29, 1.82) is 0 Å². The molecule has 7 heteroatoms. The van der Waals surface area contributed by atoms with Gasteiger partial charge < -0.3 is 20.9 Å². The third-order valence-corrected chi connectivity index (χ3v) is 7.53. The normalized spacial score (nSPS) is 15.1. The van der Waals surface area contributed by atoms with Crippen molar-refractivity contribution in [3.63, 3.8) is 0 Å². The molecular weight excluding hydrogens is 450 g/mol. The zero-order valence-corrected chi connectivity index (χ0v) is 22.2. The predicted molar refractivity (Wildman–Crippen MR) is 146 cm³/mol. The number of piperazine rings is 1. The van der Waals surface area contributed by atoms with E-state index in [0.717, 1.165) is 71.1 Å². The van der Waals surface area contributed by atoms with Gasteiger partial charge in [-0.2, -0.15) is 0 Å². The highest BCUT2D eigenvalue weighted by Crippen LogP contribution is 2.33. The Hall–Kier alpha value is -3.58. The highest BCUT2D eigenvalue weighted by molar-refractivity contribution is 5.97. The summed E-state index contributed by atoms with van der Waals surface area (Å²) >= 11 is 0. The molecule has 3 aromatic rings. The molecular formula is C29H37N5O2. The van der Waals surface area contributed by atoms with Gasteiger partial charge in [-0.25, -0.2) is 4.79 Å². The Morgan fingerprint density at radius 1 is 0.944 bits per heavy atom. The van der Waals surface area contributed by atoms with Crippen LogP contribution in [-0.2, 0) is 0 Å².